The molecule has 8 heteroatoms. The van der Waals surface area contributed by atoms with Crippen LogP contribution in [0.3, 0.4) is 0 Å². The second-order valence-corrected chi connectivity index (χ2v) is 5.69. The zero-order valence-electron chi connectivity index (χ0n) is 9.84. The molecule has 7 nitrogen and oxygen atoms in total. The number of hydrogen-bond donors (Lipinski definition) is 0. The van der Waals surface area contributed by atoms with Gasteiger partial charge >= 0.3 is 5.97 Å². The molecule has 0 spiro atoms. The van der Waals surface area contributed by atoms with Crippen molar-refractivity contribution in [1.82, 2.24) is 9.78 Å². The normalized spacial score (nSPS) is 11.2. The summed E-state index contributed by atoms with van der Waals surface area (Å²) in [5, 5.41) is 3.91. The van der Waals surface area contributed by atoms with Crippen molar-refractivity contribution in [3.05, 3.63) is 11.9 Å². The average Bonchev–Trinajstić information content (AvgIpc) is 2.67. The summed E-state index contributed by atoms with van der Waals surface area (Å²) < 4.78 is 32.8. The first-order valence-electron chi connectivity index (χ1n) is 4.75. The van der Waals surface area contributed by atoms with E-state index in [1.807, 2.05) is 0 Å². The molecule has 1 aromatic heterocycles. The lowest BCUT2D eigenvalue weighted by Crippen LogP contribution is -2.12. The number of sulfone groups is 1. The molecule has 1 rings (SSSR count). The van der Waals surface area contributed by atoms with Crippen LogP contribution in [-0.2, 0) is 21.1 Å². The molecule has 96 valence electrons. The number of methoxy groups -OCH3 is 2. The van der Waals surface area contributed by atoms with Gasteiger partial charge in [-0.3, -0.25) is 4.68 Å². The minimum atomic E-state index is -3.08. The SMILES string of the molecule is COC(=O)c1nn(CCS(C)(=O)=O)cc1OC. The Balaban J connectivity index is 2.89. The van der Waals surface area contributed by atoms with Gasteiger partial charge in [0.25, 0.3) is 0 Å². The first-order valence-corrected chi connectivity index (χ1v) is 6.81. The van der Waals surface area contributed by atoms with Gasteiger partial charge in [0.15, 0.2) is 5.75 Å². The molecule has 0 saturated carbocycles. The van der Waals surface area contributed by atoms with Crippen molar-refractivity contribution in [3.63, 3.8) is 0 Å². The molecule has 0 aliphatic carbocycles. The number of carbonyl (C=O) groups excluding carboxylic acids is 1. The molecule has 0 atom stereocenters. The first kappa shape index (κ1) is 13.5. The lowest BCUT2D eigenvalue weighted by molar-refractivity contribution is 0.0589. The van der Waals surface area contributed by atoms with Gasteiger partial charge in [-0.25, -0.2) is 13.2 Å². The van der Waals surface area contributed by atoms with E-state index in [2.05, 4.69) is 9.84 Å². The number of rotatable bonds is 5. The minimum Gasteiger partial charge on any atom is -0.493 e. The molecular formula is C9H14N2O5S. The number of aromatic nitrogens is 2. The van der Waals surface area contributed by atoms with E-state index in [0.29, 0.717) is 0 Å². The highest BCUT2D eigenvalue weighted by Crippen LogP contribution is 2.16. The summed E-state index contributed by atoms with van der Waals surface area (Å²) in [5.41, 5.74) is 0.0310. The summed E-state index contributed by atoms with van der Waals surface area (Å²) in [6, 6.07) is 0. The van der Waals surface area contributed by atoms with E-state index >= 15 is 0 Å². The molecule has 17 heavy (non-hydrogen) atoms. The summed E-state index contributed by atoms with van der Waals surface area (Å²) in [7, 11) is -0.450. The fourth-order valence-electron chi connectivity index (χ4n) is 1.16. The standard InChI is InChI=1S/C9H14N2O5S/c1-15-7-6-11(4-5-17(3,13)14)10-8(7)9(12)16-2/h6H,4-5H2,1-3H3. The highest BCUT2D eigenvalue weighted by Gasteiger charge is 2.18. The van der Waals surface area contributed by atoms with Crippen LogP contribution in [-0.4, -0.2) is 50.4 Å². The van der Waals surface area contributed by atoms with E-state index in [1.54, 1.807) is 0 Å². The van der Waals surface area contributed by atoms with Crippen molar-refractivity contribution < 1.29 is 22.7 Å². The molecule has 0 aliphatic rings. The predicted molar refractivity (Wildman–Crippen MR) is 59.8 cm³/mol. The second kappa shape index (κ2) is 5.17. The van der Waals surface area contributed by atoms with Gasteiger partial charge in [-0.1, -0.05) is 0 Å². The van der Waals surface area contributed by atoms with Crippen molar-refractivity contribution >= 4 is 15.8 Å². The zero-order chi connectivity index (χ0) is 13.1. The summed E-state index contributed by atoms with van der Waals surface area (Å²) in [4.78, 5) is 11.3. The molecular weight excluding hydrogens is 248 g/mol. The summed E-state index contributed by atoms with van der Waals surface area (Å²) >= 11 is 0. The third kappa shape index (κ3) is 3.74. The molecule has 0 saturated heterocycles. The first-order chi connectivity index (χ1) is 7.87. The number of aryl methyl sites for hydroxylation is 1. The van der Waals surface area contributed by atoms with Gasteiger partial charge in [0.1, 0.15) is 9.84 Å². The highest BCUT2D eigenvalue weighted by molar-refractivity contribution is 7.90. The molecule has 0 aromatic carbocycles. The van der Waals surface area contributed by atoms with E-state index in [1.165, 1.54) is 25.1 Å². The third-order valence-electron chi connectivity index (χ3n) is 2.02. The lowest BCUT2D eigenvalue weighted by Gasteiger charge is -1.98. The maximum Gasteiger partial charge on any atom is 0.362 e. The van der Waals surface area contributed by atoms with Crippen molar-refractivity contribution in [1.29, 1.82) is 0 Å². The van der Waals surface area contributed by atoms with Gasteiger partial charge in [0.2, 0.25) is 5.69 Å². The van der Waals surface area contributed by atoms with Crippen LogP contribution in [0, 0.1) is 0 Å². The second-order valence-electron chi connectivity index (χ2n) is 3.43. The van der Waals surface area contributed by atoms with Gasteiger partial charge in [-0.15, -0.1) is 0 Å². The molecule has 0 N–H and O–H groups in total. The fraction of sp³-hybridized carbons (Fsp3) is 0.556. The highest BCUT2D eigenvalue weighted by atomic mass is 32.2. The van der Waals surface area contributed by atoms with Crippen molar-refractivity contribution in [2.45, 2.75) is 6.54 Å². The van der Waals surface area contributed by atoms with E-state index in [0.717, 1.165) is 6.26 Å². The fourth-order valence-corrected chi connectivity index (χ4v) is 1.68. The molecule has 0 bridgehead atoms. The van der Waals surface area contributed by atoms with E-state index in [4.69, 9.17) is 4.74 Å². The van der Waals surface area contributed by atoms with E-state index in [9.17, 15) is 13.2 Å². The van der Waals surface area contributed by atoms with Crippen molar-refractivity contribution in [2.75, 3.05) is 26.2 Å². The van der Waals surface area contributed by atoms with E-state index < -0.39 is 15.8 Å². The molecule has 0 radical (unpaired) electrons. The smallest absolute Gasteiger partial charge is 0.362 e. The van der Waals surface area contributed by atoms with Crippen molar-refractivity contribution in [2.24, 2.45) is 0 Å². The molecule has 1 aromatic rings. The van der Waals surface area contributed by atoms with Gasteiger partial charge in [-0.05, 0) is 0 Å². The van der Waals surface area contributed by atoms with Crippen LogP contribution in [0.15, 0.2) is 6.20 Å². The Morgan fingerprint density at radius 1 is 1.47 bits per heavy atom. The van der Waals surface area contributed by atoms with Crippen LogP contribution in [0.25, 0.3) is 0 Å². The summed E-state index contributed by atoms with van der Waals surface area (Å²) in [6.45, 7) is 0.159. The Morgan fingerprint density at radius 3 is 2.59 bits per heavy atom. The Labute approximate surface area is 99.2 Å². The van der Waals surface area contributed by atoms with E-state index in [-0.39, 0.29) is 23.7 Å². The Kier molecular flexibility index (Phi) is 4.11. The minimum absolute atomic E-state index is 0.0310. The molecule has 0 aliphatic heterocycles. The quantitative estimate of drug-likeness (QED) is 0.678. The number of nitrogens with zero attached hydrogens (tertiary/aromatic N) is 2. The van der Waals surface area contributed by atoms with Gasteiger partial charge in [-0.2, -0.15) is 5.10 Å². The zero-order valence-corrected chi connectivity index (χ0v) is 10.7. The monoisotopic (exact) mass is 262 g/mol. The number of carbonyl (C=O) groups is 1. The van der Waals surface area contributed by atoms with Crippen LogP contribution >= 0.6 is 0 Å². The maximum absolute atomic E-state index is 11.3. The summed E-state index contributed by atoms with van der Waals surface area (Å²) in [6.07, 6.45) is 2.59. The van der Waals surface area contributed by atoms with Gasteiger partial charge in [0.05, 0.1) is 32.7 Å². The van der Waals surface area contributed by atoms with Crippen LogP contribution in [0.4, 0.5) is 0 Å². The topological polar surface area (TPSA) is 87.5 Å². The van der Waals surface area contributed by atoms with Crippen LogP contribution in [0.5, 0.6) is 5.75 Å². The Morgan fingerprint density at radius 2 is 2.12 bits per heavy atom. The average molecular weight is 262 g/mol. The van der Waals surface area contributed by atoms with Crippen molar-refractivity contribution in [3.8, 4) is 5.75 Å². The van der Waals surface area contributed by atoms with Gasteiger partial charge in [0, 0.05) is 6.26 Å². The largest absolute Gasteiger partial charge is 0.493 e. The molecule has 1 heterocycles. The lowest BCUT2D eigenvalue weighted by atomic mass is 10.4. The molecule has 0 fully saturated rings. The molecule has 0 unspecified atom stereocenters. The van der Waals surface area contributed by atoms with Crippen LogP contribution in [0.2, 0.25) is 0 Å². The Bertz CT molecular complexity index is 505. The van der Waals surface area contributed by atoms with Crippen LogP contribution < -0.4 is 4.74 Å². The maximum atomic E-state index is 11.3. The molecule has 0 amide bonds. The van der Waals surface area contributed by atoms with Crippen LogP contribution in [0.1, 0.15) is 10.5 Å². The number of esters is 1. The van der Waals surface area contributed by atoms with Gasteiger partial charge < -0.3 is 9.47 Å². The number of hydrogen-bond acceptors (Lipinski definition) is 6. The number of ether oxygens (including phenoxy) is 2. The third-order valence-corrected chi connectivity index (χ3v) is 2.94. The predicted octanol–water partition coefficient (Wildman–Crippen LogP) is -0.277. The Hall–Kier alpha value is -1.57. The summed E-state index contributed by atoms with van der Waals surface area (Å²) in [5.74, 6) is -0.427.